The topological polar surface area (TPSA) is 60.0 Å². The highest BCUT2D eigenvalue weighted by molar-refractivity contribution is 5.68. The number of unbranched alkanes of at least 4 members (excludes halogenated alkanes) is 1. The predicted octanol–water partition coefficient (Wildman–Crippen LogP) is 3.15. The fraction of sp³-hybridized carbons (Fsp3) is 0.611. The Hall–Kier alpha value is -1.95. The lowest BCUT2D eigenvalue weighted by Gasteiger charge is -2.27. The molecule has 1 aliphatic heterocycles. The third-order valence-corrected chi connectivity index (χ3v) is 3.57. The Labute approximate surface area is 144 Å². The largest absolute Gasteiger partial charge is 0.454 e. The molecule has 0 atom stereocenters. The van der Waals surface area contributed by atoms with Gasteiger partial charge >= 0.3 is 6.09 Å². The van der Waals surface area contributed by atoms with Crippen LogP contribution in [0.3, 0.4) is 0 Å². The van der Waals surface area contributed by atoms with Gasteiger partial charge in [0.15, 0.2) is 11.5 Å². The van der Waals surface area contributed by atoms with Crippen molar-refractivity contribution in [2.75, 3.05) is 26.9 Å². The normalized spacial score (nSPS) is 13.0. The molecular formula is C18H28N2O4. The average Bonchev–Trinajstić information content (AvgIpc) is 2.96. The number of hydrogen-bond acceptors (Lipinski definition) is 5. The van der Waals surface area contributed by atoms with Gasteiger partial charge < -0.3 is 24.4 Å². The minimum Gasteiger partial charge on any atom is -0.454 e. The van der Waals surface area contributed by atoms with Crippen LogP contribution < -0.4 is 14.8 Å². The summed E-state index contributed by atoms with van der Waals surface area (Å²) in [5.74, 6) is 1.48. The van der Waals surface area contributed by atoms with Crippen molar-refractivity contribution in [1.29, 1.82) is 0 Å². The highest BCUT2D eigenvalue weighted by atomic mass is 16.7. The second kappa shape index (κ2) is 8.24. The zero-order valence-corrected chi connectivity index (χ0v) is 15.1. The monoisotopic (exact) mass is 336 g/mol. The Morgan fingerprint density at radius 3 is 2.71 bits per heavy atom. The molecule has 1 aliphatic rings. The second-order valence-electron chi connectivity index (χ2n) is 6.90. The predicted molar refractivity (Wildman–Crippen MR) is 92.4 cm³/mol. The number of nitrogens with zero attached hydrogens (tertiary/aromatic N) is 1. The van der Waals surface area contributed by atoms with Crippen LogP contribution in [-0.2, 0) is 11.3 Å². The maximum atomic E-state index is 12.5. The van der Waals surface area contributed by atoms with Gasteiger partial charge in [0.1, 0.15) is 5.60 Å². The van der Waals surface area contributed by atoms with E-state index in [1.165, 1.54) is 0 Å². The molecule has 0 saturated carbocycles. The van der Waals surface area contributed by atoms with Crippen LogP contribution in [0, 0.1) is 0 Å². The maximum absolute atomic E-state index is 12.5. The second-order valence-corrected chi connectivity index (χ2v) is 6.90. The molecule has 0 unspecified atom stereocenters. The molecule has 6 nitrogen and oxygen atoms in total. The molecule has 0 aromatic heterocycles. The van der Waals surface area contributed by atoms with Gasteiger partial charge in [0.2, 0.25) is 6.79 Å². The minimum absolute atomic E-state index is 0.249. The van der Waals surface area contributed by atoms with Gasteiger partial charge in [0, 0.05) is 13.1 Å². The Kier molecular flexibility index (Phi) is 6.31. The highest BCUT2D eigenvalue weighted by Crippen LogP contribution is 2.32. The average molecular weight is 336 g/mol. The van der Waals surface area contributed by atoms with E-state index in [2.05, 4.69) is 5.32 Å². The summed E-state index contributed by atoms with van der Waals surface area (Å²) in [6.07, 6.45) is 1.64. The minimum atomic E-state index is -0.505. The first-order valence-electron chi connectivity index (χ1n) is 8.40. The molecule has 1 heterocycles. The lowest BCUT2D eigenvalue weighted by Crippen LogP contribution is -2.37. The first kappa shape index (κ1) is 18.4. The number of ether oxygens (including phenoxy) is 3. The van der Waals surface area contributed by atoms with Crippen molar-refractivity contribution in [2.24, 2.45) is 0 Å². The Bertz CT molecular complexity index is 554. The van der Waals surface area contributed by atoms with E-state index in [4.69, 9.17) is 14.2 Å². The fourth-order valence-electron chi connectivity index (χ4n) is 2.43. The van der Waals surface area contributed by atoms with Crippen molar-refractivity contribution in [3.63, 3.8) is 0 Å². The van der Waals surface area contributed by atoms with Gasteiger partial charge in [-0.25, -0.2) is 4.79 Å². The van der Waals surface area contributed by atoms with Crippen molar-refractivity contribution < 1.29 is 19.0 Å². The lowest BCUT2D eigenvalue weighted by molar-refractivity contribution is 0.0230. The SMILES string of the molecule is CNCCCCN(Cc1ccc2c(c1)OCO2)C(=O)OC(C)(C)C. The first-order valence-corrected chi connectivity index (χ1v) is 8.40. The maximum Gasteiger partial charge on any atom is 0.410 e. The molecule has 2 rings (SSSR count). The molecule has 0 radical (unpaired) electrons. The quantitative estimate of drug-likeness (QED) is 0.775. The van der Waals surface area contributed by atoms with Gasteiger partial charge in [0.05, 0.1) is 0 Å². The summed E-state index contributed by atoms with van der Waals surface area (Å²) in [6.45, 7) is 7.97. The van der Waals surface area contributed by atoms with E-state index in [9.17, 15) is 4.79 Å². The number of benzene rings is 1. The molecule has 0 saturated heterocycles. The van der Waals surface area contributed by atoms with Crippen LogP contribution in [0.4, 0.5) is 4.79 Å². The summed E-state index contributed by atoms with van der Waals surface area (Å²) in [5, 5.41) is 3.12. The van der Waals surface area contributed by atoms with Gasteiger partial charge in [-0.1, -0.05) is 6.07 Å². The number of rotatable bonds is 7. The van der Waals surface area contributed by atoms with E-state index in [1.807, 2.05) is 46.0 Å². The molecule has 0 aliphatic carbocycles. The van der Waals surface area contributed by atoms with Crippen LogP contribution in [0.5, 0.6) is 11.5 Å². The molecule has 1 aromatic rings. The first-order chi connectivity index (χ1) is 11.4. The third kappa shape index (κ3) is 5.60. The summed E-state index contributed by atoms with van der Waals surface area (Å²) in [7, 11) is 1.93. The van der Waals surface area contributed by atoms with Gasteiger partial charge in [-0.05, 0) is 64.9 Å². The van der Waals surface area contributed by atoms with Crippen molar-refractivity contribution in [1.82, 2.24) is 10.2 Å². The van der Waals surface area contributed by atoms with E-state index < -0.39 is 5.60 Å². The zero-order chi connectivity index (χ0) is 17.6. The lowest BCUT2D eigenvalue weighted by atomic mass is 10.1. The molecule has 0 spiro atoms. The molecule has 1 amide bonds. The summed E-state index contributed by atoms with van der Waals surface area (Å²) < 4.78 is 16.3. The fourth-order valence-corrected chi connectivity index (χ4v) is 2.43. The molecule has 1 N–H and O–H groups in total. The van der Waals surface area contributed by atoms with Gasteiger partial charge in [0.25, 0.3) is 0 Å². The summed E-state index contributed by atoms with van der Waals surface area (Å²) >= 11 is 0. The number of carbonyl (C=O) groups excluding carboxylic acids is 1. The van der Waals surface area contributed by atoms with Gasteiger partial charge in [-0.3, -0.25) is 0 Å². The highest BCUT2D eigenvalue weighted by Gasteiger charge is 2.23. The molecule has 6 heteroatoms. The molecule has 24 heavy (non-hydrogen) atoms. The summed E-state index contributed by atoms with van der Waals surface area (Å²) in [5.41, 5.74) is 0.494. The molecular weight excluding hydrogens is 308 g/mol. The van der Waals surface area contributed by atoms with Crippen LogP contribution in [0.15, 0.2) is 18.2 Å². The smallest absolute Gasteiger partial charge is 0.410 e. The van der Waals surface area contributed by atoms with Crippen molar-refractivity contribution in [3.8, 4) is 11.5 Å². The Balaban J connectivity index is 2.02. The molecule has 1 aromatic carbocycles. The Morgan fingerprint density at radius 2 is 2.00 bits per heavy atom. The van der Waals surface area contributed by atoms with E-state index in [-0.39, 0.29) is 12.9 Å². The summed E-state index contributed by atoms with van der Waals surface area (Å²) in [4.78, 5) is 14.2. The standard InChI is InChI=1S/C18H28N2O4/c1-18(2,3)24-17(21)20(10-6-5-9-19-4)12-14-7-8-15-16(11-14)23-13-22-15/h7-8,11,19H,5-6,9-10,12-13H2,1-4H3. The number of nitrogens with one attached hydrogen (secondary N) is 1. The number of fused-ring (bicyclic) bond motifs is 1. The van der Waals surface area contributed by atoms with Crippen LogP contribution in [0.25, 0.3) is 0 Å². The van der Waals surface area contributed by atoms with Crippen LogP contribution in [0.1, 0.15) is 39.2 Å². The molecule has 0 bridgehead atoms. The number of hydrogen-bond donors (Lipinski definition) is 1. The Morgan fingerprint density at radius 1 is 1.25 bits per heavy atom. The van der Waals surface area contributed by atoms with Crippen molar-refractivity contribution in [3.05, 3.63) is 23.8 Å². The summed E-state index contributed by atoms with van der Waals surface area (Å²) in [6, 6.07) is 5.76. The molecule has 134 valence electrons. The molecule has 0 fully saturated rings. The van der Waals surface area contributed by atoms with E-state index in [0.29, 0.717) is 13.1 Å². The van der Waals surface area contributed by atoms with Crippen LogP contribution >= 0.6 is 0 Å². The van der Waals surface area contributed by atoms with Crippen LogP contribution in [-0.4, -0.2) is 43.5 Å². The van der Waals surface area contributed by atoms with Crippen molar-refractivity contribution in [2.45, 2.75) is 45.8 Å². The number of amides is 1. The van der Waals surface area contributed by atoms with Gasteiger partial charge in [-0.2, -0.15) is 0 Å². The van der Waals surface area contributed by atoms with E-state index >= 15 is 0 Å². The van der Waals surface area contributed by atoms with Crippen molar-refractivity contribution >= 4 is 6.09 Å². The third-order valence-electron chi connectivity index (χ3n) is 3.57. The van der Waals surface area contributed by atoms with E-state index in [1.54, 1.807) is 4.90 Å². The number of carbonyl (C=O) groups is 1. The van der Waals surface area contributed by atoms with Crippen LogP contribution in [0.2, 0.25) is 0 Å². The van der Waals surface area contributed by atoms with E-state index in [0.717, 1.165) is 36.4 Å². The zero-order valence-electron chi connectivity index (χ0n) is 15.1. The van der Waals surface area contributed by atoms with Gasteiger partial charge in [-0.15, -0.1) is 0 Å².